The molecule has 0 amide bonds. The van der Waals surface area contributed by atoms with Crippen LogP contribution in [0, 0.1) is 6.92 Å². The predicted octanol–water partition coefficient (Wildman–Crippen LogP) is 1.47. The van der Waals surface area contributed by atoms with Crippen molar-refractivity contribution in [2.75, 3.05) is 6.61 Å². The fraction of sp³-hybridized carbons (Fsp3) is 0.267. The van der Waals surface area contributed by atoms with Crippen molar-refractivity contribution >= 4 is 23.5 Å². The van der Waals surface area contributed by atoms with E-state index in [1.54, 1.807) is 6.92 Å². The summed E-state index contributed by atoms with van der Waals surface area (Å²) in [5.41, 5.74) is 5.19. The second kappa shape index (κ2) is 6.14. The molecule has 1 aliphatic rings. The number of aryl methyl sites for hydroxylation is 1. The van der Waals surface area contributed by atoms with Crippen molar-refractivity contribution in [1.82, 2.24) is 5.43 Å². The largest absolute Gasteiger partial charge is 0.464 e. The molecule has 0 radical (unpaired) electrons. The van der Waals surface area contributed by atoms with E-state index < -0.39 is 12.0 Å². The van der Waals surface area contributed by atoms with Gasteiger partial charge in [-0.2, -0.15) is 5.10 Å². The minimum absolute atomic E-state index is 0.225. The fourth-order valence-electron chi connectivity index (χ4n) is 1.82. The van der Waals surface area contributed by atoms with Gasteiger partial charge >= 0.3 is 5.97 Å². The number of nitrogens with zero attached hydrogens (tertiary/aromatic N) is 1. The zero-order chi connectivity index (χ0) is 14.5. The molecule has 1 N–H and O–H groups in total. The molecular formula is C15H16N2O3. The Labute approximate surface area is 117 Å². The third-order valence-electron chi connectivity index (χ3n) is 2.90. The zero-order valence-corrected chi connectivity index (χ0v) is 11.4. The number of benzene rings is 1. The summed E-state index contributed by atoms with van der Waals surface area (Å²) in [7, 11) is 0. The van der Waals surface area contributed by atoms with Gasteiger partial charge in [-0.05, 0) is 25.5 Å². The summed E-state index contributed by atoms with van der Waals surface area (Å²) >= 11 is 0. The SMILES string of the molecule is CCOC(=O)C1NN=CC(c2ccc(C)cc2)=CC1=O. The van der Waals surface area contributed by atoms with Crippen molar-refractivity contribution in [3.05, 3.63) is 41.5 Å². The number of allylic oxidation sites excluding steroid dienone is 1. The number of rotatable bonds is 3. The van der Waals surface area contributed by atoms with Gasteiger partial charge in [-0.3, -0.25) is 10.2 Å². The lowest BCUT2D eigenvalue weighted by molar-refractivity contribution is -0.147. The molecule has 5 heteroatoms. The van der Waals surface area contributed by atoms with Crippen molar-refractivity contribution in [3.8, 4) is 0 Å². The number of esters is 1. The molecule has 5 nitrogen and oxygen atoms in total. The molecule has 0 aliphatic carbocycles. The van der Waals surface area contributed by atoms with Crippen LogP contribution in [0.2, 0.25) is 0 Å². The Morgan fingerprint density at radius 3 is 2.70 bits per heavy atom. The van der Waals surface area contributed by atoms with E-state index in [1.807, 2.05) is 31.2 Å². The standard InChI is InChI=1S/C15H16N2O3/c1-3-20-15(19)14-13(18)8-12(9-16-17-14)11-6-4-10(2)5-7-11/h4-9,14,17H,3H2,1-2H3. The van der Waals surface area contributed by atoms with Crippen LogP contribution in [0.15, 0.2) is 35.4 Å². The van der Waals surface area contributed by atoms with Gasteiger partial charge in [0.15, 0.2) is 5.78 Å². The van der Waals surface area contributed by atoms with Crippen molar-refractivity contribution in [1.29, 1.82) is 0 Å². The van der Waals surface area contributed by atoms with Crippen LogP contribution in [-0.2, 0) is 14.3 Å². The molecule has 0 saturated carbocycles. The van der Waals surface area contributed by atoms with Gasteiger partial charge in [0, 0.05) is 5.57 Å². The number of hydrogen-bond donors (Lipinski definition) is 1. The van der Waals surface area contributed by atoms with E-state index in [9.17, 15) is 9.59 Å². The lowest BCUT2D eigenvalue weighted by Gasteiger charge is -2.10. The maximum atomic E-state index is 12.1. The molecule has 0 fully saturated rings. The summed E-state index contributed by atoms with van der Waals surface area (Å²) in [6, 6.07) is 6.65. The summed E-state index contributed by atoms with van der Waals surface area (Å²) in [4.78, 5) is 23.7. The number of hydrazone groups is 1. The van der Waals surface area contributed by atoms with Gasteiger partial charge in [0.25, 0.3) is 0 Å². The minimum Gasteiger partial charge on any atom is -0.464 e. The quantitative estimate of drug-likeness (QED) is 0.668. The number of carbonyl (C=O) groups excluding carboxylic acids is 2. The number of ketones is 1. The highest BCUT2D eigenvalue weighted by Crippen LogP contribution is 2.15. The van der Waals surface area contributed by atoms with E-state index >= 15 is 0 Å². The molecule has 104 valence electrons. The number of ether oxygens (including phenoxy) is 1. The van der Waals surface area contributed by atoms with Gasteiger partial charge in [0.05, 0.1) is 12.8 Å². The Balaban J connectivity index is 2.25. The summed E-state index contributed by atoms with van der Waals surface area (Å²) in [5.74, 6) is -0.979. The molecule has 0 saturated heterocycles. The first-order chi connectivity index (χ1) is 9.61. The third-order valence-corrected chi connectivity index (χ3v) is 2.90. The maximum Gasteiger partial charge on any atom is 0.338 e. The van der Waals surface area contributed by atoms with Gasteiger partial charge < -0.3 is 4.74 Å². The number of carbonyl (C=O) groups is 2. The van der Waals surface area contributed by atoms with Crippen molar-refractivity contribution in [3.63, 3.8) is 0 Å². The Hall–Kier alpha value is -2.43. The van der Waals surface area contributed by atoms with Crippen LogP contribution in [0.4, 0.5) is 0 Å². The Morgan fingerprint density at radius 2 is 2.05 bits per heavy atom. The van der Waals surface area contributed by atoms with Gasteiger partial charge in [0.1, 0.15) is 0 Å². The molecule has 1 atom stereocenters. The number of nitrogens with one attached hydrogen (secondary N) is 1. The molecule has 1 aliphatic heterocycles. The van der Waals surface area contributed by atoms with Crippen LogP contribution >= 0.6 is 0 Å². The Kier molecular flexibility index (Phi) is 4.30. The first kappa shape index (κ1) is 14.0. The van der Waals surface area contributed by atoms with E-state index in [4.69, 9.17) is 4.74 Å². The lowest BCUT2D eigenvalue weighted by atomic mass is 10.0. The van der Waals surface area contributed by atoms with E-state index in [0.29, 0.717) is 5.57 Å². The Bertz CT molecular complexity index is 573. The monoisotopic (exact) mass is 272 g/mol. The number of hydrogen-bond acceptors (Lipinski definition) is 5. The molecule has 0 spiro atoms. The van der Waals surface area contributed by atoms with Crippen LogP contribution in [0.1, 0.15) is 18.1 Å². The van der Waals surface area contributed by atoms with Crippen molar-refractivity contribution < 1.29 is 14.3 Å². The average molecular weight is 272 g/mol. The first-order valence-electron chi connectivity index (χ1n) is 6.39. The molecule has 20 heavy (non-hydrogen) atoms. The summed E-state index contributed by atoms with van der Waals surface area (Å²) in [6.45, 7) is 3.90. The summed E-state index contributed by atoms with van der Waals surface area (Å²) < 4.78 is 4.84. The summed E-state index contributed by atoms with van der Waals surface area (Å²) in [5, 5.41) is 3.92. The zero-order valence-electron chi connectivity index (χ0n) is 11.4. The molecule has 0 bridgehead atoms. The van der Waals surface area contributed by atoms with Gasteiger partial charge in [0.2, 0.25) is 6.04 Å². The van der Waals surface area contributed by atoms with Crippen LogP contribution in [-0.4, -0.2) is 30.6 Å². The van der Waals surface area contributed by atoms with Crippen LogP contribution < -0.4 is 5.43 Å². The van der Waals surface area contributed by atoms with Gasteiger partial charge in [-0.1, -0.05) is 29.8 Å². The molecule has 2 rings (SSSR count). The molecule has 1 heterocycles. The Morgan fingerprint density at radius 1 is 1.35 bits per heavy atom. The van der Waals surface area contributed by atoms with Crippen molar-refractivity contribution in [2.45, 2.75) is 19.9 Å². The highest BCUT2D eigenvalue weighted by Gasteiger charge is 2.27. The third kappa shape index (κ3) is 3.12. The molecule has 1 aromatic rings. The van der Waals surface area contributed by atoms with E-state index in [2.05, 4.69) is 10.5 Å². The molecule has 1 unspecified atom stereocenters. The molecule has 0 aromatic heterocycles. The minimum atomic E-state index is -1.07. The lowest BCUT2D eigenvalue weighted by Crippen LogP contribution is -2.40. The second-order valence-corrected chi connectivity index (χ2v) is 4.44. The second-order valence-electron chi connectivity index (χ2n) is 4.44. The van der Waals surface area contributed by atoms with Crippen LogP contribution in [0.25, 0.3) is 5.57 Å². The fourth-order valence-corrected chi connectivity index (χ4v) is 1.82. The predicted molar refractivity (Wildman–Crippen MR) is 76.2 cm³/mol. The van der Waals surface area contributed by atoms with E-state index in [1.165, 1.54) is 12.3 Å². The van der Waals surface area contributed by atoms with E-state index in [0.717, 1.165) is 11.1 Å². The van der Waals surface area contributed by atoms with Gasteiger partial charge in [-0.15, -0.1) is 0 Å². The first-order valence-corrected chi connectivity index (χ1v) is 6.39. The topological polar surface area (TPSA) is 67.8 Å². The highest BCUT2D eigenvalue weighted by atomic mass is 16.5. The van der Waals surface area contributed by atoms with Crippen LogP contribution in [0.5, 0.6) is 0 Å². The van der Waals surface area contributed by atoms with Crippen molar-refractivity contribution in [2.24, 2.45) is 5.10 Å². The van der Waals surface area contributed by atoms with Crippen LogP contribution in [0.3, 0.4) is 0 Å². The normalized spacial score (nSPS) is 18.0. The smallest absolute Gasteiger partial charge is 0.338 e. The average Bonchev–Trinajstić information content (AvgIpc) is 2.62. The summed E-state index contributed by atoms with van der Waals surface area (Å²) in [6.07, 6.45) is 2.94. The van der Waals surface area contributed by atoms with E-state index in [-0.39, 0.29) is 12.4 Å². The van der Waals surface area contributed by atoms with Gasteiger partial charge in [-0.25, -0.2) is 4.79 Å². The molecule has 1 aromatic carbocycles. The molecular weight excluding hydrogens is 256 g/mol. The highest BCUT2D eigenvalue weighted by molar-refractivity contribution is 6.21. The maximum absolute atomic E-state index is 12.1.